The number of hydrogen-bond donors (Lipinski definition) is 1. The predicted molar refractivity (Wildman–Crippen MR) is 177 cm³/mol. The molecular weight excluding hydrogens is 626 g/mol. The van der Waals surface area contributed by atoms with Crippen molar-refractivity contribution in [2.45, 2.75) is 27.2 Å². The van der Waals surface area contributed by atoms with E-state index in [-0.39, 0.29) is 11.6 Å². The number of nitrogens with zero attached hydrogens (tertiary/aromatic N) is 4. The van der Waals surface area contributed by atoms with Crippen LogP contribution in [0.4, 0.5) is 11.4 Å². The number of carbonyl (C=O) groups excluding carboxylic acids is 1. The molecule has 0 unspecified atom stereocenters. The number of carbonyl (C=O) groups is 1. The number of rotatable bonds is 7. The van der Waals surface area contributed by atoms with E-state index >= 15 is 0 Å². The van der Waals surface area contributed by atoms with Gasteiger partial charge in [0.25, 0.3) is 11.6 Å². The number of nitrogens with one attached hydrogen (secondary N) is 1. The molecule has 0 spiro atoms. The lowest BCUT2D eigenvalue weighted by molar-refractivity contribution is -0.384. The second kappa shape index (κ2) is 11.7. The van der Waals surface area contributed by atoms with Crippen molar-refractivity contribution in [1.82, 2.24) is 14.5 Å². The molecule has 6 rings (SSSR count). The molecule has 1 aliphatic heterocycles. The Balaban J connectivity index is 1.34. The lowest BCUT2D eigenvalue weighted by Crippen LogP contribution is -2.31. The highest BCUT2D eigenvalue weighted by Gasteiger charge is 2.33. The summed E-state index contributed by atoms with van der Waals surface area (Å²) in [7, 11) is 0. The number of non-ortho nitro benzene ring substituents is 1. The summed E-state index contributed by atoms with van der Waals surface area (Å²) in [6.45, 7) is 6.62. The molecule has 1 fully saturated rings. The Hall–Kier alpha value is -4.41. The standard InChI is InChI=1S/C33H28BrN5O3S/c1-20-16-27(12-13-29(20)34)38-21(2)17-24(22(38)3)18-31-32(40)37(15-14-23-19-35-30-7-5-4-6-28(23)30)33(43-31)36-25-8-10-26(11-9-25)39(41)42/h4-13,16-19,35H,14-15H2,1-3H3/b31-18-,36-33?. The molecule has 0 aliphatic carbocycles. The third-order valence-electron chi connectivity index (χ3n) is 7.61. The van der Waals surface area contributed by atoms with Gasteiger partial charge < -0.3 is 9.55 Å². The second-order valence-electron chi connectivity index (χ2n) is 10.4. The fourth-order valence-electron chi connectivity index (χ4n) is 5.36. The lowest BCUT2D eigenvalue weighted by Gasteiger charge is -2.15. The van der Waals surface area contributed by atoms with Crippen LogP contribution >= 0.6 is 27.7 Å². The molecule has 1 aliphatic rings. The number of aliphatic imine (C=N–C) groups is 1. The number of aromatic nitrogens is 2. The van der Waals surface area contributed by atoms with Crippen molar-refractivity contribution in [2.24, 2.45) is 4.99 Å². The fraction of sp³-hybridized carbons (Fsp3) is 0.152. The largest absolute Gasteiger partial charge is 0.361 e. The number of halogens is 1. The van der Waals surface area contributed by atoms with Crippen molar-refractivity contribution in [1.29, 1.82) is 0 Å². The van der Waals surface area contributed by atoms with Crippen LogP contribution in [0, 0.1) is 30.9 Å². The molecule has 1 amide bonds. The predicted octanol–water partition coefficient (Wildman–Crippen LogP) is 8.40. The number of aryl methyl sites for hydroxylation is 2. The summed E-state index contributed by atoms with van der Waals surface area (Å²) in [6.07, 6.45) is 4.57. The van der Waals surface area contributed by atoms with Crippen LogP contribution in [0.2, 0.25) is 0 Å². The molecule has 0 atom stereocenters. The normalized spacial score (nSPS) is 15.3. The van der Waals surface area contributed by atoms with Crippen molar-refractivity contribution in [3.63, 3.8) is 0 Å². The molecule has 1 saturated heterocycles. The van der Waals surface area contributed by atoms with Crippen molar-refractivity contribution in [3.8, 4) is 5.69 Å². The summed E-state index contributed by atoms with van der Waals surface area (Å²) in [5, 5.41) is 12.8. The van der Waals surface area contributed by atoms with Crippen LogP contribution in [0.5, 0.6) is 0 Å². The van der Waals surface area contributed by atoms with E-state index in [0.29, 0.717) is 28.7 Å². The van der Waals surface area contributed by atoms with E-state index in [4.69, 9.17) is 4.99 Å². The summed E-state index contributed by atoms with van der Waals surface area (Å²) in [6, 6.07) is 22.5. The van der Waals surface area contributed by atoms with Gasteiger partial charge >= 0.3 is 0 Å². The van der Waals surface area contributed by atoms with E-state index in [1.807, 2.05) is 36.5 Å². The minimum absolute atomic E-state index is 0.00722. The van der Waals surface area contributed by atoms with Crippen LogP contribution in [-0.4, -0.2) is 37.0 Å². The molecule has 2 aromatic heterocycles. The third kappa shape index (κ3) is 5.68. The molecule has 3 heterocycles. The highest BCUT2D eigenvalue weighted by molar-refractivity contribution is 9.10. The van der Waals surface area contributed by atoms with Gasteiger partial charge in [0, 0.05) is 57.3 Å². The zero-order valence-electron chi connectivity index (χ0n) is 23.8. The zero-order chi connectivity index (χ0) is 30.2. The van der Waals surface area contributed by atoms with Gasteiger partial charge in [-0.1, -0.05) is 34.1 Å². The quantitative estimate of drug-likeness (QED) is 0.108. The van der Waals surface area contributed by atoms with E-state index < -0.39 is 4.92 Å². The number of amides is 1. The number of thioether (sulfide) groups is 1. The molecule has 3 aromatic carbocycles. The lowest BCUT2D eigenvalue weighted by atomic mass is 10.1. The van der Waals surface area contributed by atoms with E-state index in [9.17, 15) is 14.9 Å². The number of H-pyrrole nitrogens is 1. The van der Waals surface area contributed by atoms with E-state index in [2.05, 4.69) is 70.5 Å². The van der Waals surface area contributed by atoms with Gasteiger partial charge in [0.05, 0.1) is 15.5 Å². The van der Waals surface area contributed by atoms with Crippen molar-refractivity contribution >= 4 is 67.1 Å². The van der Waals surface area contributed by atoms with Crippen LogP contribution in [0.1, 0.15) is 28.1 Å². The Morgan fingerprint density at radius 3 is 2.56 bits per heavy atom. The first-order chi connectivity index (χ1) is 20.7. The summed E-state index contributed by atoms with van der Waals surface area (Å²) >= 11 is 4.91. The molecule has 10 heteroatoms. The molecule has 0 radical (unpaired) electrons. The van der Waals surface area contributed by atoms with E-state index in [1.54, 1.807) is 17.0 Å². The number of benzene rings is 3. The monoisotopic (exact) mass is 653 g/mol. The van der Waals surface area contributed by atoms with Crippen LogP contribution < -0.4 is 0 Å². The van der Waals surface area contributed by atoms with Crippen LogP contribution in [-0.2, 0) is 11.2 Å². The average molecular weight is 655 g/mol. The first-order valence-corrected chi connectivity index (χ1v) is 15.4. The number of aromatic amines is 1. The molecule has 5 aromatic rings. The van der Waals surface area contributed by atoms with E-state index in [1.165, 1.54) is 23.9 Å². The SMILES string of the molecule is Cc1cc(-n2c(C)cc(/C=C3\SC(=Nc4ccc([N+](=O)[O-])cc4)N(CCc4c[nH]c5ccccc45)C3=O)c2C)ccc1Br. The Morgan fingerprint density at radius 2 is 1.81 bits per heavy atom. The number of fused-ring (bicyclic) bond motifs is 1. The Bertz CT molecular complexity index is 1960. The fourth-order valence-corrected chi connectivity index (χ4v) is 6.62. The van der Waals surface area contributed by atoms with Gasteiger partial charge in [0.1, 0.15) is 0 Å². The molecule has 0 bridgehead atoms. The number of nitro benzene ring substituents is 1. The van der Waals surface area contributed by atoms with Crippen LogP contribution in [0.25, 0.3) is 22.7 Å². The molecule has 1 N–H and O–H groups in total. The topological polar surface area (TPSA) is 96.5 Å². The highest BCUT2D eigenvalue weighted by Crippen LogP contribution is 2.36. The maximum Gasteiger partial charge on any atom is 0.269 e. The number of hydrogen-bond acceptors (Lipinski definition) is 5. The van der Waals surface area contributed by atoms with Gasteiger partial charge in [0.2, 0.25) is 0 Å². The molecular formula is C33H28BrN5O3S. The molecule has 216 valence electrons. The van der Waals surface area contributed by atoms with Crippen molar-refractivity contribution in [2.75, 3.05) is 6.54 Å². The molecule has 43 heavy (non-hydrogen) atoms. The van der Waals surface area contributed by atoms with Gasteiger partial charge in [-0.2, -0.15) is 0 Å². The highest BCUT2D eigenvalue weighted by atomic mass is 79.9. The maximum atomic E-state index is 13.9. The first kappa shape index (κ1) is 28.7. The van der Waals surface area contributed by atoms with Gasteiger partial charge in [-0.25, -0.2) is 4.99 Å². The van der Waals surface area contributed by atoms with Crippen molar-refractivity contribution in [3.05, 3.63) is 127 Å². The minimum atomic E-state index is -0.439. The van der Waals surface area contributed by atoms with Crippen molar-refractivity contribution < 1.29 is 9.72 Å². The zero-order valence-corrected chi connectivity index (χ0v) is 26.2. The summed E-state index contributed by atoms with van der Waals surface area (Å²) in [5.74, 6) is -0.116. The first-order valence-electron chi connectivity index (χ1n) is 13.7. The summed E-state index contributed by atoms with van der Waals surface area (Å²) in [5.41, 5.74) is 7.97. The van der Waals surface area contributed by atoms with Gasteiger partial charge in [0.15, 0.2) is 5.17 Å². The Morgan fingerprint density at radius 1 is 1.05 bits per heavy atom. The smallest absolute Gasteiger partial charge is 0.269 e. The van der Waals surface area contributed by atoms with Gasteiger partial charge in [-0.3, -0.25) is 19.8 Å². The van der Waals surface area contributed by atoms with E-state index in [0.717, 1.165) is 49.1 Å². The molecule has 0 saturated carbocycles. The minimum Gasteiger partial charge on any atom is -0.361 e. The van der Waals surface area contributed by atoms with Gasteiger partial charge in [-0.15, -0.1) is 0 Å². The van der Waals surface area contributed by atoms with Crippen LogP contribution in [0.3, 0.4) is 0 Å². The summed E-state index contributed by atoms with van der Waals surface area (Å²) < 4.78 is 3.25. The number of amidine groups is 1. The number of nitro groups is 1. The van der Waals surface area contributed by atoms with Gasteiger partial charge in [-0.05, 0) is 104 Å². The summed E-state index contributed by atoms with van der Waals surface area (Å²) in [4.78, 5) is 34.9. The third-order valence-corrected chi connectivity index (χ3v) is 9.51. The average Bonchev–Trinajstić information content (AvgIpc) is 3.62. The second-order valence-corrected chi connectivity index (χ2v) is 12.3. The maximum absolute atomic E-state index is 13.9. The van der Waals surface area contributed by atoms with Crippen LogP contribution in [0.15, 0.2) is 93.4 Å². The molecule has 8 nitrogen and oxygen atoms in total. The number of para-hydroxylation sites is 1. The Labute approximate surface area is 261 Å². The Kier molecular flexibility index (Phi) is 7.81.